The summed E-state index contributed by atoms with van der Waals surface area (Å²) < 4.78 is 34.0. The molecule has 0 saturated heterocycles. The van der Waals surface area contributed by atoms with Crippen LogP contribution in [0.4, 0.5) is 10.1 Å². The van der Waals surface area contributed by atoms with Gasteiger partial charge in [-0.15, -0.1) is 0 Å². The van der Waals surface area contributed by atoms with Crippen molar-refractivity contribution in [2.24, 2.45) is 0 Å². The van der Waals surface area contributed by atoms with Crippen LogP contribution in [0.1, 0.15) is 34.2 Å². The lowest BCUT2D eigenvalue weighted by atomic mass is 9.94. The van der Waals surface area contributed by atoms with E-state index in [0.717, 1.165) is 40.1 Å². The highest BCUT2D eigenvalue weighted by Crippen LogP contribution is 2.36. The average molecular weight is 549 g/mol. The molecule has 0 N–H and O–H groups in total. The summed E-state index contributed by atoms with van der Waals surface area (Å²) in [6.45, 7) is 11.0. The molecule has 7 nitrogen and oxygen atoms in total. The van der Waals surface area contributed by atoms with Crippen LogP contribution in [0.25, 0.3) is 27.1 Å². The Morgan fingerprint density at radius 1 is 1.07 bits per heavy atom. The Bertz CT molecular complexity index is 1770. The van der Waals surface area contributed by atoms with Crippen molar-refractivity contribution < 1.29 is 18.6 Å². The van der Waals surface area contributed by atoms with E-state index in [9.17, 15) is 4.39 Å². The summed E-state index contributed by atoms with van der Waals surface area (Å²) in [6.07, 6.45) is 0.497. The number of methoxy groups -OCH3 is 1. The SMILES string of the molecule is [C-]#[N+]c1ccc(COc2cccc(-c3ccc4c(c3)CCO[C@H]4c3nc4ccc(C)cc4n3CCOC)n2)c(F)c1. The molecule has 8 heteroatoms. The van der Waals surface area contributed by atoms with E-state index in [1.165, 1.54) is 17.2 Å². The van der Waals surface area contributed by atoms with Gasteiger partial charge < -0.3 is 18.8 Å². The first-order chi connectivity index (χ1) is 20.0. The Hall–Kier alpha value is -4.58. The molecular formula is C33H29FN4O3. The highest BCUT2D eigenvalue weighted by Gasteiger charge is 2.28. The van der Waals surface area contributed by atoms with Crippen molar-refractivity contribution >= 4 is 16.7 Å². The summed E-state index contributed by atoms with van der Waals surface area (Å²) >= 11 is 0. The van der Waals surface area contributed by atoms with Crippen LogP contribution in [0.3, 0.4) is 0 Å². The van der Waals surface area contributed by atoms with Gasteiger partial charge >= 0.3 is 0 Å². The maximum absolute atomic E-state index is 14.3. The first-order valence-electron chi connectivity index (χ1n) is 13.5. The van der Waals surface area contributed by atoms with Crippen LogP contribution in [-0.2, 0) is 29.0 Å². The molecular weight excluding hydrogens is 519 g/mol. The van der Waals surface area contributed by atoms with Crippen LogP contribution in [-0.4, -0.2) is 34.9 Å². The molecule has 3 heterocycles. The number of rotatable bonds is 8. The van der Waals surface area contributed by atoms with Crippen LogP contribution in [0, 0.1) is 19.3 Å². The number of aryl methyl sites for hydroxylation is 1. The second-order valence-electron chi connectivity index (χ2n) is 10.1. The highest BCUT2D eigenvalue weighted by molar-refractivity contribution is 5.77. The van der Waals surface area contributed by atoms with Crippen molar-refractivity contribution in [2.45, 2.75) is 32.6 Å². The molecule has 0 unspecified atom stereocenters. The third-order valence-corrected chi connectivity index (χ3v) is 7.33. The van der Waals surface area contributed by atoms with Gasteiger partial charge in [0.05, 0.1) is 36.5 Å². The molecule has 0 bridgehead atoms. The maximum Gasteiger partial charge on any atom is 0.214 e. The molecule has 0 radical (unpaired) electrons. The van der Waals surface area contributed by atoms with Gasteiger partial charge in [-0.3, -0.25) is 0 Å². The minimum atomic E-state index is -0.466. The van der Waals surface area contributed by atoms with E-state index >= 15 is 0 Å². The number of nitrogens with zero attached hydrogens (tertiary/aromatic N) is 4. The van der Waals surface area contributed by atoms with Gasteiger partial charge in [0.15, 0.2) is 5.69 Å². The van der Waals surface area contributed by atoms with Crippen molar-refractivity contribution in [3.63, 3.8) is 0 Å². The Kier molecular flexibility index (Phi) is 7.47. The number of aromatic nitrogens is 3. The third kappa shape index (κ3) is 5.42. The molecule has 0 aliphatic carbocycles. The van der Waals surface area contributed by atoms with Gasteiger partial charge in [0, 0.05) is 30.8 Å². The number of benzene rings is 3. The fourth-order valence-electron chi connectivity index (χ4n) is 5.23. The molecule has 1 aliphatic rings. The molecule has 3 aromatic carbocycles. The summed E-state index contributed by atoms with van der Waals surface area (Å²) in [4.78, 5) is 12.9. The summed E-state index contributed by atoms with van der Waals surface area (Å²) in [6, 6.07) is 22.5. The molecule has 0 fully saturated rings. The molecule has 1 atom stereocenters. The first kappa shape index (κ1) is 26.6. The number of halogens is 1. The molecule has 1 aliphatic heterocycles. The monoisotopic (exact) mass is 548 g/mol. The van der Waals surface area contributed by atoms with E-state index in [1.54, 1.807) is 25.3 Å². The van der Waals surface area contributed by atoms with Crippen LogP contribution < -0.4 is 4.74 Å². The number of imidazole rings is 1. The minimum absolute atomic E-state index is 0.0212. The Labute approximate surface area is 238 Å². The van der Waals surface area contributed by atoms with E-state index < -0.39 is 5.82 Å². The molecule has 41 heavy (non-hydrogen) atoms. The smallest absolute Gasteiger partial charge is 0.214 e. The van der Waals surface area contributed by atoms with E-state index in [4.69, 9.17) is 25.8 Å². The van der Waals surface area contributed by atoms with Crippen molar-refractivity contribution in [1.29, 1.82) is 0 Å². The Morgan fingerprint density at radius 2 is 1.98 bits per heavy atom. The number of ether oxygens (including phenoxy) is 3. The molecule has 2 aromatic heterocycles. The highest BCUT2D eigenvalue weighted by atomic mass is 19.1. The van der Waals surface area contributed by atoms with Crippen molar-refractivity contribution in [3.05, 3.63) is 118 Å². The van der Waals surface area contributed by atoms with Crippen molar-refractivity contribution in [3.8, 4) is 17.1 Å². The van der Waals surface area contributed by atoms with Gasteiger partial charge in [0.2, 0.25) is 5.88 Å². The topological polar surface area (TPSA) is 62.8 Å². The molecule has 6 rings (SSSR count). The van der Waals surface area contributed by atoms with E-state index in [-0.39, 0.29) is 18.4 Å². The van der Waals surface area contributed by atoms with Gasteiger partial charge in [-0.25, -0.2) is 19.2 Å². The summed E-state index contributed by atoms with van der Waals surface area (Å²) in [7, 11) is 1.71. The maximum atomic E-state index is 14.3. The normalized spacial score (nSPS) is 14.5. The quantitative estimate of drug-likeness (QED) is 0.196. The lowest BCUT2D eigenvalue weighted by Gasteiger charge is -2.27. The van der Waals surface area contributed by atoms with E-state index in [0.29, 0.717) is 31.2 Å². The number of hydrogen-bond acceptors (Lipinski definition) is 5. The summed E-state index contributed by atoms with van der Waals surface area (Å²) in [5.41, 5.74) is 7.84. The third-order valence-electron chi connectivity index (χ3n) is 7.33. The first-order valence-corrected chi connectivity index (χ1v) is 13.5. The zero-order valence-electron chi connectivity index (χ0n) is 22.9. The lowest BCUT2D eigenvalue weighted by Crippen LogP contribution is -2.21. The lowest BCUT2D eigenvalue weighted by molar-refractivity contribution is 0.0609. The fraction of sp³-hybridized carbons (Fsp3) is 0.242. The minimum Gasteiger partial charge on any atom is -0.473 e. The average Bonchev–Trinajstić information content (AvgIpc) is 3.36. The predicted octanol–water partition coefficient (Wildman–Crippen LogP) is 6.98. The zero-order valence-corrected chi connectivity index (χ0v) is 22.9. The summed E-state index contributed by atoms with van der Waals surface area (Å²) in [5.74, 6) is 0.811. The molecule has 0 spiro atoms. The van der Waals surface area contributed by atoms with E-state index in [1.807, 2.05) is 18.2 Å². The van der Waals surface area contributed by atoms with Crippen molar-refractivity contribution in [2.75, 3.05) is 20.3 Å². The number of fused-ring (bicyclic) bond motifs is 2. The second kappa shape index (κ2) is 11.5. The van der Waals surface area contributed by atoms with Crippen LogP contribution in [0.15, 0.2) is 72.8 Å². The summed E-state index contributed by atoms with van der Waals surface area (Å²) in [5, 5.41) is 0. The van der Waals surface area contributed by atoms with Gasteiger partial charge in [-0.1, -0.05) is 36.4 Å². The molecule has 206 valence electrons. The van der Waals surface area contributed by atoms with Gasteiger partial charge in [-0.2, -0.15) is 0 Å². The van der Waals surface area contributed by atoms with Gasteiger partial charge in [-0.05, 0) is 60.4 Å². The van der Waals surface area contributed by atoms with Gasteiger partial charge in [0.1, 0.15) is 24.4 Å². The van der Waals surface area contributed by atoms with E-state index in [2.05, 4.69) is 51.7 Å². The number of hydrogen-bond donors (Lipinski definition) is 0. The van der Waals surface area contributed by atoms with Crippen LogP contribution in [0.5, 0.6) is 5.88 Å². The predicted molar refractivity (Wildman–Crippen MR) is 155 cm³/mol. The largest absolute Gasteiger partial charge is 0.473 e. The zero-order chi connectivity index (χ0) is 28.3. The van der Waals surface area contributed by atoms with Crippen LogP contribution in [0.2, 0.25) is 0 Å². The Morgan fingerprint density at radius 3 is 2.80 bits per heavy atom. The number of pyridine rings is 1. The molecule has 0 saturated carbocycles. The van der Waals surface area contributed by atoms with Crippen LogP contribution >= 0.6 is 0 Å². The second-order valence-corrected chi connectivity index (χ2v) is 10.1. The van der Waals surface area contributed by atoms with Gasteiger partial charge in [0.25, 0.3) is 0 Å². The Balaban J connectivity index is 1.27. The van der Waals surface area contributed by atoms with Crippen molar-refractivity contribution in [1.82, 2.24) is 14.5 Å². The fourth-order valence-corrected chi connectivity index (χ4v) is 5.23. The standard InChI is InChI=1S/C33H29FN4O3/c1-21-7-12-29-30(17-21)38(14-16-39-3)33(37-29)32-26-11-9-23(18-22(26)13-15-40-32)28-5-4-6-31(36-28)41-20-24-8-10-25(35-2)19-27(24)34/h4-12,17-19,32H,13-16,20H2,1,3H3/t32-/m1/s1. The molecule has 5 aromatic rings. The molecule has 0 amide bonds.